The maximum atomic E-state index is 11.7. The molecular formula is C14H14ClNO4. The van der Waals surface area contributed by atoms with Crippen molar-refractivity contribution in [2.75, 3.05) is 6.54 Å². The molecule has 1 amide bonds. The molecule has 2 rings (SSSR count). The number of aryl methyl sites for hydroxylation is 1. The van der Waals surface area contributed by atoms with E-state index in [1.807, 2.05) is 13.0 Å². The van der Waals surface area contributed by atoms with Gasteiger partial charge in [-0.15, -0.1) is 0 Å². The predicted octanol–water partition coefficient (Wildman–Crippen LogP) is 2.53. The van der Waals surface area contributed by atoms with Crippen molar-refractivity contribution in [1.29, 1.82) is 0 Å². The van der Waals surface area contributed by atoms with Crippen molar-refractivity contribution in [2.24, 2.45) is 0 Å². The molecule has 0 aliphatic rings. The minimum atomic E-state index is -0.943. The first-order valence-corrected chi connectivity index (χ1v) is 6.50. The average Bonchev–Trinajstić information content (AvgIpc) is 2.72. The molecule has 0 saturated carbocycles. The molecule has 2 N–H and O–H groups in total. The van der Waals surface area contributed by atoms with Gasteiger partial charge in [-0.1, -0.05) is 11.6 Å². The number of carbonyl (C=O) groups excluding carboxylic acids is 1. The second kappa shape index (κ2) is 5.96. The van der Waals surface area contributed by atoms with Crippen LogP contribution in [-0.4, -0.2) is 23.5 Å². The maximum absolute atomic E-state index is 11.7. The normalized spacial score (nSPS) is 10.7. The Morgan fingerprint density at radius 3 is 2.85 bits per heavy atom. The molecule has 0 aliphatic carbocycles. The highest BCUT2D eigenvalue weighted by Gasteiger charge is 2.12. The summed E-state index contributed by atoms with van der Waals surface area (Å²) in [6, 6.07) is 3.60. The third-order valence-corrected chi connectivity index (χ3v) is 3.35. The van der Waals surface area contributed by atoms with Gasteiger partial charge in [0, 0.05) is 22.5 Å². The third kappa shape index (κ3) is 3.30. The Bertz CT molecular complexity index is 662. The summed E-state index contributed by atoms with van der Waals surface area (Å²) >= 11 is 6.06. The zero-order valence-corrected chi connectivity index (χ0v) is 11.7. The fraction of sp³-hybridized carbons (Fsp3) is 0.286. The number of rotatable bonds is 5. The molecule has 1 aromatic carbocycles. The van der Waals surface area contributed by atoms with Crippen LogP contribution in [0.25, 0.3) is 11.0 Å². The zero-order valence-electron chi connectivity index (χ0n) is 10.9. The molecule has 0 atom stereocenters. The predicted molar refractivity (Wildman–Crippen MR) is 74.9 cm³/mol. The van der Waals surface area contributed by atoms with Crippen molar-refractivity contribution in [1.82, 2.24) is 5.32 Å². The molecule has 0 unspecified atom stereocenters. The standard InChI is InChI=1S/C14H14ClNO4/c1-8-4-12-10(6-11(8)15)9(7-20-12)5-13(17)16-3-2-14(18)19/h4,6-7H,2-3,5H2,1H3,(H,16,17)(H,18,19). The van der Waals surface area contributed by atoms with Crippen LogP contribution in [0.3, 0.4) is 0 Å². The number of carbonyl (C=O) groups is 2. The molecule has 106 valence electrons. The van der Waals surface area contributed by atoms with E-state index in [1.54, 1.807) is 6.07 Å². The van der Waals surface area contributed by atoms with Crippen molar-refractivity contribution in [3.8, 4) is 0 Å². The van der Waals surface area contributed by atoms with Crippen LogP contribution in [0.2, 0.25) is 5.02 Å². The van der Waals surface area contributed by atoms with E-state index in [0.717, 1.165) is 16.5 Å². The first-order chi connectivity index (χ1) is 9.47. The van der Waals surface area contributed by atoms with Gasteiger partial charge in [0.2, 0.25) is 5.91 Å². The van der Waals surface area contributed by atoms with Gasteiger partial charge in [0.05, 0.1) is 19.1 Å². The summed E-state index contributed by atoms with van der Waals surface area (Å²) < 4.78 is 5.40. The molecule has 1 heterocycles. The van der Waals surface area contributed by atoms with Crippen LogP contribution in [-0.2, 0) is 16.0 Å². The van der Waals surface area contributed by atoms with Gasteiger partial charge in [-0.25, -0.2) is 0 Å². The molecule has 0 spiro atoms. The number of carboxylic acid groups (broad SMARTS) is 1. The molecule has 0 aliphatic heterocycles. The number of carboxylic acids is 1. The van der Waals surface area contributed by atoms with Crippen molar-refractivity contribution in [2.45, 2.75) is 19.8 Å². The lowest BCUT2D eigenvalue weighted by atomic mass is 10.1. The van der Waals surface area contributed by atoms with Crippen LogP contribution < -0.4 is 5.32 Å². The number of aliphatic carboxylic acids is 1. The molecule has 20 heavy (non-hydrogen) atoms. The summed E-state index contributed by atoms with van der Waals surface area (Å²) in [7, 11) is 0. The first kappa shape index (κ1) is 14.4. The average molecular weight is 296 g/mol. The second-order valence-corrected chi connectivity index (χ2v) is 4.94. The van der Waals surface area contributed by atoms with Gasteiger partial charge in [0.1, 0.15) is 5.58 Å². The smallest absolute Gasteiger partial charge is 0.305 e. The van der Waals surface area contributed by atoms with E-state index in [4.69, 9.17) is 21.1 Å². The largest absolute Gasteiger partial charge is 0.481 e. The van der Waals surface area contributed by atoms with Crippen molar-refractivity contribution in [3.63, 3.8) is 0 Å². The molecule has 0 radical (unpaired) electrons. The van der Waals surface area contributed by atoms with Crippen LogP contribution in [0.4, 0.5) is 0 Å². The van der Waals surface area contributed by atoms with Crippen LogP contribution in [0, 0.1) is 6.92 Å². The van der Waals surface area contributed by atoms with Gasteiger partial charge >= 0.3 is 5.97 Å². The molecular weight excluding hydrogens is 282 g/mol. The van der Waals surface area contributed by atoms with E-state index >= 15 is 0 Å². The summed E-state index contributed by atoms with van der Waals surface area (Å²) in [6.45, 7) is 1.99. The Labute approximate surface area is 120 Å². The fourth-order valence-corrected chi connectivity index (χ4v) is 2.05. The number of halogens is 1. The summed E-state index contributed by atoms with van der Waals surface area (Å²) in [5.74, 6) is -1.19. The molecule has 5 nitrogen and oxygen atoms in total. The van der Waals surface area contributed by atoms with E-state index in [9.17, 15) is 9.59 Å². The van der Waals surface area contributed by atoms with Gasteiger partial charge in [0.25, 0.3) is 0 Å². The number of furan rings is 1. The Hall–Kier alpha value is -2.01. The third-order valence-electron chi connectivity index (χ3n) is 2.95. The number of amides is 1. The Morgan fingerprint density at radius 1 is 1.40 bits per heavy atom. The lowest BCUT2D eigenvalue weighted by Gasteiger charge is -2.03. The quantitative estimate of drug-likeness (QED) is 0.888. The van der Waals surface area contributed by atoms with E-state index in [2.05, 4.69) is 5.32 Å². The zero-order chi connectivity index (χ0) is 14.7. The van der Waals surface area contributed by atoms with E-state index in [-0.39, 0.29) is 25.3 Å². The van der Waals surface area contributed by atoms with Crippen molar-refractivity contribution >= 4 is 34.4 Å². The van der Waals surface area contributed by atoms with Gasteiger partial charge < -0.3 is 14.8 Å². The van der Waals surface area contributed by atoms with E-state index in [0.29, 0.717) is 10.6 Å². The number of nitrogens with one attached hydrogen (secondary N) is 1. The summed E-state index contributed by atoms with van der Waals surface area (Å²) in [4.78, 5) is 22.1. The summed E-state index contributed by atoms with van der Waals surface area (Å²) in [6.07, 6.45) is 1.56. The number of hydrogen-bond acceptors (Lipinski definition) is 3. The Balaban J connectivity index is 2.08. The first-order valence-electron chi connectivity index (χ1n) is 6.12. The molecule has 0 fully saturated rings. The Kier molecular flexibility index (Phi) is 4.29. The molecule has 6 heteroatoms. The lowest BCUT2D eigenvalue weighted by Crippen LogP contribution is -2.27. The van der Waals surface area contributed by atoms with E-state index < -0.39 is 5.97 Å². The molecule has 0 bridgehead atoms. The lowest BCUT2D eigenvalue weighted by molar-refractivity contribution is -0.136. The van der Waals surface area contributed by atoms with Gasteiger partial charge in [-0.3, -0.25) is 9.59 Å². The SMILES string of the molecule is Cc1cc2occ(CC(=O)NCCC(=O)O)c2cc1Cl. The van der Waals surface area contributed by atoms with Crippen LogP contribution in [0.15, 0.2) is 22.8 Å². The number of fused-ring (bicyclic) bond motifs is 1. The van der Waals surface area contributed by atoms with Gasteiger partial charge in [-0.2, -0.15) is 0 Å². The highest BCUT2D eigenvalue weighted by atomic mass is 35.5. The van der Waals surface area contributed by atoms with Gasteiger partial charge in [-0.05, 0) is 24.6 Å². The van der Waals surface area contributed by atoms with Crippen molar-refractivity contribution in [3.05, 3.63) is 34.5 Å². The summed E-state index contributed by atoms with van der Waals surface area (Å²) in [5.41, 5.74) is 2.32. The highest BCUT2D eigenvalue weighted by Crippen LogP contribution is 2.27. The maximum Gasteiger partial charge on any atom is 0.305 e. The highest BCUT2D eigenvalue weighted by molar-refractivity contribution is 6.32. The number of benzene rings is 1. The monoisotopic (exact) mass is 295 g/mol. The molecule has 0 saturated heterocycles. The Morgan fingerprint density at radius 2 is 2.15 bits per heavy atom. The van der Waals surface area contributed by atoms with Crippen LogP contribution in [0.5, 0.6) is 0 Å². The topological polar surface area (TPSA) is 79.5 Å². The molecule has 1 aromatic heterocycles. The molecule has 2 aromatic rings. The van der Waals surface area contributed by atoms with Crippen molar-refractivity contribution < 1.29 is 19.1 Å². The fourth-order valence-electron chi connectivity index (χ4n) is 1.88. The minimum absolute atomic E-state index is 0.0943. The van der Waals surface area contributed by atoms with Crippen LogP contribution >= 0.6 is 11.6 Å². The van der Waals surface area contributed by atoms with E-state index in [1.165, 1.54) is 6.26 Å². The van der Waals surface area contributed by atoms with Crippen LogP contribution in [0.1, 0.15) is 17.5 Å². The number of hydrogen-bond donors (Lipinski definition) is 2. The van der Waals surface area contributed by atoms with Gasteiger partial charge in [0.15, 0.2) is 0 Å². The summed E-state index contributed by atoms with van der Waals surface area (Å²) in [5, 5.41) is 12.5. The minimum Gasteiger partial charge on any atom is -0.481 e. The second-order valence-electron chi connectivity index (χ2n) is 4.53.